The van der Waals surface area contributed by atoms with E-state index >= 15 is 0 Å². The molecule has 0 bridgehead atoms. The van der Waals surface area contributed by atoms with Crippen molar-refractivity contribution < 1.29 is 32.2 Å². The molecule has 3 rings (SSSR count). The highest BCUT2D eigenvalue weighted by atomic mass is 19.4. The molecule has 0 unspecified atom stereocenters. The van der Waals surface area contributed by atoms with E-state index in [0.717, 1.165) is 29.4 Å². The van der Waals surface area contributed by atoms with Gasteiger partial charge in [0.2, 0.25) is 0 Å². The van der Waals surface area contributed by atoms with Crippen molar-refractivity contribution in [3.8, 4) is 5.75 Å². The van der Waals surface area contributed by atoms with Gasteiger partial charge in [-0.1, -0.05) is 12.1 Å². The molecular weight excluding hydrogens is 391 g/mol. The summed E-state index contributed by atoms with van der Waals surface area (Å²) in [7, 11) is 1.62. The number of hydrogen-bond acceptors (Lipinski definition) is 5. The lowest BCUT2D eigenvalue weighted by atomic mass is 10.1. The van der Waals surface area contributed by atoms with Crippen LogP contribution in [0.3, 0.4) is 0 Å². The van der Waals surface area contributed by atoms with E-state index in [4.69, 9.17) is 9.47 Å². The summed E-state index contributed by atoms with van der Waals surface area (Å²) < 4.78 is 54.0. The van der Waals surface area contributed by atoms with E-state index in [2.05, 4.69) is 15.2 Å². The van der Waals surface area contributed by atoms with E-state index in [0.29, 0.717) is 32.8 Å². The normalized spacial score (nSPS) is 13.8. The average Bonchev–Trinajstić information content (AvgIpc) is 3.03. The number of methoxy groups -OCH3 is 1. The molecule has 29 heavy (non-hydrogen) atoms. The predicted molar refractivity (Wildman–Crippen MR) is 96.6 cm³/mol. The summed E-state index contributed by atoms with van der Waals surface area (Å²) in [6.07, 6.45) is -3.69. The Morgan fingerprint density at radius 2 is 2.14 bits per heavy atom. The highest BCUT2D eigenvalue weighted by molar-refractivity contribution is 5.96. The molecule has 0 radical (unpaired) electrons. The molecule has 1 aliphatic rings. The molecule has 2 heterocycles. The van der Waals surface area contributed by atoms with Gasteiger partial charge in [0.1, 0.15) is 5.75 Å². The van der Waals surface area contributed by atoms with E-state index in [9.17, 15) is 18.0 Å². The molecule has 0 aliphatic carbocycles. The zero-order valence-electron chi connectivity index (χ0n) is 15.9. The number of fused-ring (bicyclic) bond motifs is 1. The molecule has 0 fully saturated rings. The molecule has 0 saturated heterocycles. The fraction of sp³-hybridized carbons (Fsp3) is 0.474. The molecule has 0 saturated carbocycles. The van der Waals surface area contributed by atoms with Crippen molar-refractivity contribution in [3.63, 3.8) is 0 Å². The molecule has 1 aromatic heterocycles. The Labute approximate surface area is 165 Å². The van der Waals surface area contributed by atoms with Crippen LogP contribution in [0.4, 0.5) is 13.2 Å². The Morgan fingerprint density at radius 1 is 1.34 bits per heavy atom. The van der Waals surface area contributed by atoms with Gasteiger partial charge in [-0.2, -0.15) is 5.10 Å². The molecule has 1 aliphatic heterocycles. The van der Waals surface area contributed by atoms with Crippen LogP contribution in [0.15, 0.2) is 24.3 Å². The zero-order chi connectivity index (χ0) is 20.9. The summed E-state index contributed by atoms with van der Waals surface area (Å²) in [5.41, 5.74) is 2.72. The number of aromatic nitrogens is 2. The van der Waals surface area contributed by atoms with Gasteiger partial charge < -0.3 is 19.5 Å². The van der Waals surface area contributed by atoms with Crippen LogP contribution in [-0.4, -0.2) is 48.9 Å². The topological polar surface area (TPSA) is 74.6 Å². The van der Waals surface area contributed by atoms with Gasteiger partial charge in [-0.3, -0.25) is 9.48 Å². The van der Waals surface area contributed by atoms with Gasteiger partial charge in [0, 0.05) is 37.8 Å². The highest BCUT2D eigenvalue weighted by Gasteiger charge is 2.32. The minimum atomic E-state index is -4.87. The van der Waals surface area contributed by atoms with Crippen molar-refractivity contribution in [1.29, 1.82) is 0 Å². The van der Waals surface area contributed by atoms with Crippen LogP contribution in [0, 0.1) is 0 Å². The van der Waals surface area contributed by atoms with Gasteiger partial charge in [0.05, 0.1) is 37.6 Å². The van der Waals surface area contributed by atoms with E-state index in [1.54, 1.807) is 7.11 Å². The number of amides is 1. The number of carbonyl (C=O) groups excluding carboxylic acids is 1. The van der Waals surface area contributed by atoms with Gasteiger partial charge in [-0.15, -0.1) is 13.2 Å². The second-order valence-electron chi connectivity index (χ2n) is 6.44. The van der Waals surface area contributed by atoms with E-state index in [1.807, 2.05) is 4.68 Å². The summed E-state index contributed by atoms with van der Waals surface area (Å²) >= 11 is 0. The zero-order valence-corrected chi connectivity index (χ0v) is 15.9. The van der Waals surface area contributed by atoms with Crippen LogP contribution in [0.5, 0.6) is 5.75 Å². The lowest BCUT2D eigenvalue weighted by Crippen LogP contribution is -2.28. The van der Waals surface area contributed by atoms with Crippen molar-refractivity contribution in [2.45, 2.75) is 32.4 Å². The number of benzene rings is 1. The Balaban J connectivity index is 1.65. The maximum Gasteiger partial charge on any atom is 0.573 e. The van der Waals surface area contributed by atoms with Crippen LogP contribution in [0.25, 0.3) is 0 Å². The maximum absolute atomic E-state index is 12.5. The number of hydrogen-bond donors (Lipinski definition) is 1. The lowest BCUT2D eigenvalue weighted by molar-refractivity contribution is -0.274. The first-order chi connectivity index (χ1) is 13.9. The third kappa shape index (κ3) is 5.48. The number of ether oxygens (including phenoxy) is 3. The summed E-state index contributed by atoms with van der Waals surface area (Å²) in [5, 5.41) is 7.23. The molecule has 158 valence electrons. The minimum absolute atomic E-state index is 0.180. The first-order valence-corrected chi connectivity index (χ1v) is 9.16. The van der Waals surface area contributed by atoms with Crippen molar-refractivity contribution >= 4 is 5.91 Å². The maximum atomic E-state index is 12.5. The molecule has 1 amide bonds. The monoisotopic (exact) mass is 413 g/mol. The quantitative estimate of drug-likeness (QED) is 0.720. The second kappa shape index (κ2) is 9.27. The predicted octanol–water partition coefficient (Wildman–Crippen LogP) is 2.47. The van der Waals surface area contributed by atoms with Gasteiger partial charge in [0.25, 0.3) is 5.91 Å². The van der Waals surface area contributed by atoms with Crippen molar-refractivity contribution in [2.75, 3.05) is 26.9 Å². The first kappa shape index (κ1) is 21.1. The van der Waals surface area contributed by atoms with E-state index in [1.165, 1.54) is 18.2 Å². The van der Waals surface area contributed by atoms with Crippen molar-refractivity contribution in [1.82, 2.24) is 15.1 Å². The molecule has 1 aromatic carbocycles. The van der Waals surface area contributed by atoms with E-state index in [-0.39, 0.29) is 12.1 Å². The number of alkyl halides is 3. The molecule has 7 nitrogen and oxygen atoms in total. The summed E-state index contributed by atoms with van der Waals surface area (Å²) in [4.78, 5) is 12.4. The second-order valence-corrected chi connectivity index (χ2v) is 6.44. The number of rotatable bonds is 8. The van der Waals surface area contributed by atoms with Crippen LogP contribution >= 0.6 is 0 Å². The van der Waals surface area contributed by atoms with Crippen molar-refractivity contribution in [2.24, 2.45) is 0 Å². The van der Waals surface area contributed by atoms with Gasteiger partial charge >= 0.3 is 6.36 Å². The Morgan fingerprint density at radius 3 is 2.90 bits per heavy atom. The largest absolute Gasteiger partial charge is 0.573 e. The fourth-order valence-electron chi connectivity index (χ4n) is 3.20. The van der Waals surface area contributed by atoms with Crippen LogP contribution in [-0.2, 0) is 35.5 Å². The molecule has 0 atom stereocenters. The molecule has 1 N–H and O–H groups in total. The highest BCUT2D eigenvalue weighted by Crippen LogP contribution is 2.26. The number of nitrogens with one attached hydrogen (secondary N) is 1. The Kier molecular flexibility index (Phi) is 6.75. The summed E-state index contributed by atoms with van der Waals surface area (Å²) in [6.45, 7) is 2.44. The third-order valence-electron chi connectivity index (χ3n) is 4.49. The third-order valence-corrected chi connectivity index (χ3v) is 4.49. The number of carbonyl (C=O) groups is 1. The van der Waals surface area contributed by atoms with E-state index < -0.39 is 18.0 Å². The van der Waals surface area contributed by atoms with Crippen molar-refractivity contribution in [3.05, 3.63) is 46.8 Å². The van der Waals surface area contributed by atoms with Crippen LogP contribution < -0.4 is 10.1 Å². The molecular formula is C19H22F3N3O4. The van der Waals surface area contributed by atoms with Crippen LogP contribution in [0.1, 0.15) is 27.3 Å². The standard InChI is InChI=1S/C19H22F3N3O4/c1-27-11-9-25-16-7-10-28-12-14(16)15(24-25)6-8-23-18(26)13-4-2-3-5-17(13)29-19(20,21)22/h2-5H,6-12H2,1H3,(H,23,26). The Hall–Kier alpha value is -2.59. The van der Waals surface area contributed by atoms with Gasteiger partial charge in [0.15, 0.2) is 0 Å². The fourth-order valence-corrected chi connectivity index (χ4v) is 3.20. The molecule has 10 heteroatoms. The smallest absolute Gasteiger partial charge is 0.405 e. The summed E-state index contributed by atoms with van der Waals surface area (Å²) in [5.74, 6) is -1.18. The van der Waals surface area contributed by atoms with Crippen LogP contribution in [0.2, 0.25) is 0 Å². The number of para-hydroxylation sites is 1. The first-order valence-electron chi connectivity index (χ1n) is 9.16. The van der Waals surface area contributed by atoms with Gasteiger partial charge in [-0.25, -0.2) is 0 Å². The number of nitrogens with zero attached hydrogens (tertiary/aromatic N) is 2. The van der Waals surface area contributed by atoms with Gasteiger partial charge in [-0.05, 0) is 12.1 Å². The lowest BCUT2D eigenvalue weighted by Gasteiger charge is -2.15. The minimum Gasteiger partial charge on any atom is -0.405 e. The number of halogens is 3. The molecule has 2 aromatic rings. The average molecular weight is 413 g/mol. The molecule has 0 spiro atoms. The summed E-state index contributed by atoms with van der Waals surface area (Å²) in [6, 6.07) is 5.24. The SMILES string of the molecule is COCCn1nc(CCNC(=O)c2ccccc2OC(F)(F)F)c2c1CCOC2. The Bertz CT molecular complexity index is 852.